The van der Waals surface area contributed by atoms with E-state index in [1.165, 1.54) is 18.2 Å². The van der Waals surface area contributed by atoms with E-state index in [0.29, 0.717) is 17.7 Å². The van der Waals surface area contributed by atoms with Crippen LogP contribution in [0.4, 0.5) is 0 Å². The number of hydrogen-bond acceptors (Lipinski definition) is 2. The first kappa shape index (κ1) is 18.8. The third kappa shape index (κ3) is 7.51. The molecule has 1 fully saturated rings. The molecule has 4 atom stereocenters. The van der Waals surface area contributed by atoms with Gasteiger partial charge in [0.05, 0.1) is 5.75 Å². The maximum atomic E-state index is 12.0. The smallest absolute Gasteiger partial charge is 0.230 e. The Labute approximate surface area is 136 Å². The van der Waals surface area contributed by atoms with E-state index in [9.17, 15) is 4.79 Å². The summed E-state index contributed by atoms with van der Waals surface area (Å²) in [5.41, 5.74) is 0. The van der Waals surface area contributed by atoms with Gasteiger partial charge >= 0.3 is 0 Å². The molecule has 4 unspecified atom stereocenters. The summed E-state index contributed by atoms with van der Waals surface area (Å²) in [5, 5.41) is 4.44. The lowest BCUT2D eigenvalue weighted by Crippen LogP contribution is -2.44. The lowest BCUT2D eigenvalue weighted by molar-refractivity contribution is -0.119. The third-order valence-electron chi connectivity index (χ3n) is 4.25. The molecular weight excluding hydrogens is 297 g/mol. The molecule has 0 aromatic carbocycles. The predicted octanol–water partition coefficient (Wildman–Crippen LogP) is 4.39. The fraction of sp³-hybridized carbons (Fsp3) is 0.706. The molecule has 1 aliphatic rings. The van der Waals surface area contributed by atoms with Crippen molar-refractivity contribution in [1.82, 2.24) is 5.32 Å². The Bertz CT molecular complexity index is 381. The molecule has 1 rings (SSSR count). The summed E-state index contributed by atoms with van der Waals surface area (Å²) in [6, 6.07) is 0.378. The van der Waals surface area contributed by atoms with Gasteiger partial charge in [-0.3, -0.25) is 4.79 Å². The van der Waals surface area contributed by atoms with Crippen molar-refractivity contribution in [1.29, 1.82) is 0 Å². The quantitative estimate of drug-likeness (QED) is 0.427. The summed E-state index contributed by atoms with van der Waals surface area (Å²) in [6.45, 7) is 6.70. The summed E-state index contributed by atoms with van der Waals surface area (Å²) in [4.78, 5) is 12.0. The lowest BCUT2D eigenvalue weighted by atomic mass is 9.78. The van der Waals surface area contributed by atoms with Crippen LogP contribution in [0.3, 0.4) is 0 Å². The van der Waals surface area contributed by atoms with Gasteiger partial charge in [-0.05, 0) is 30.0 Å². The molecule has 2 nitrogen and oxygen atoms in total. The van der Waals surface area contributed by atoms with E-state index in [0.717, 1.165) is 24.5 Å². The van der Waals surface area contributed by atoms with Crippen LogP contribution in [-0.2, 0) is 4.79 Å². The molecule has 1 amide bonds. The molecule has 1 N–H and O–H groups in total. The zero-order valence-corrected chi connectivity index (χ0v) is 15.6. The molecule has 21 heavy (non-hydrogen) atoms. The number of thioether (sulfide) groups is 1. The van der Waals surface area contributed by atoms with E-state index >= 15 is 0 Å². The molecular formula is C17H30NOPS. The topological polar surface area (TPSA) is 29.1 Å². The maximum absolute atomic E-state index is 12.0. The zero-order valence-electron chi connectivity index (χ0n) is 13.6. The molecule has 0 radical (unpaired) electrons. The molecule has 0 aromatic heterocycles. The van der Waals surface area contributed by atoms with Crippen LogP contribution < -0.4 is 5.32 Å². The molecule has 120 valence electrons. The fourth-order valence-corrected chi connectivity index (χ4v) is 3.73. The van der Waals surface area contributed by atoms with Crippen molar-refractivity contribution in [3.8, 4) is 0 Å². The van der Waals surface area contributed by atoms with Crippen molar-refractivity contribution in [2.45, 2.75) is 52.5 Å². The molecule has 4 heteroatoms. The van der Waals surface area contributed by atoms with Gasteiger partial charge < -0.3 is 5.32 Å². The number of nitrogens with one attached hydrogen (secondary N) is 1. The molecule has 0 bridgehead atoms. The largest absolute Gasteiger partial charge is 0.352 e. The highest BCUT2D eigenvalue weighted by molar-refractivity contribution is 8.00. The Morgan fingerprint density at radius 2 is 2.14 bits per heavy atom. The number of carbonyl (C=O) groups is 1. The minimum Gasteiger partial charge on any atom is -0.352 e. The first-order chi connectivity index (χ1) is 10.0. The van der Waals surface area contributed by atoms with Crippen molar-refractivity contribution < 1.29 is 4.79 Å². The summed E-state index contributed by atoms with van der Waals surface area (Å²) >= 11 is 1.68. The molecule has 0 spiro atoms. The first-order valence-corrected chi connectivity index (χ1v) is 9.77. The average Bonchev–Trinajstić information content (AvgIpc) is 2.44. The van der Waals surface area contributed by atoms with E-state index in [2.05, 4.69) is 53.6 Å². The van der Waals surface area contributed by atoms with Crippen LogP contribution in [0.5, 0.6) is 0 Å². The normalized spacial score (nSPS) is 27.0. The third-order valence-corrected chi connectivity index (χ3v) is 5.57. The minimum absolute atomic E-state index is 0.189. The highest BCUT2D eigenvalue weighted by Gasteiger charge is 2.27. The van der Waals surface area contributed by atoms with E-state index < -0.39 is 0 Å². The summed E-state index contributed by atoms with van der Waals surface area (Å²) < 4.78 is 0. The van der Waals surface area contributed by atoms with Gasteiger partial charge in [-0.1, -0.05) is 51.8 Å². The van der Waals surface area contributed by atoms with Gasteiger partial charge in [0, 0.05) is 11.8 Å². The standard InChI is InChI=1S/C17H30NOPS/c1-4-7-15(20)9-6-11-21-12-17(19)18-16-10-5-8-13(2)14(16)3/h6-7,9,13-14,16H,4-5,8,10-12,20H2,1-3H3,(H,18,19)/b9-6-,15-7+. The van der Waals surface area contributed by atoms with Crippen LogP contribution in [0.15, 0.2) is 23.5 Å². The number of rotatable bonds is 7. The average molecular weight is 327 g/mol. The van der Waals surface area contributed by atoms with Gasteiger partial charge in [0.2, 0.25) is 5.91 Å². The number of allylic oxidation sites excluding steroid dienone is 3. The number of hydrogen-bond donors (Lipinski definition) is 1. The highest BCUT2D eigenvalue weighted by atomic mass is 32.2. The van der Waals surface area contributed by atoms with Crippen LogP contribution in [0.2, 0.25) is 0 Å². The Kier molecular flexibility index (Phi) is 9.35. The first-order valence-electron chi connectivity index (χ1n) is 8.03. The van der Waals surface area contributed by atoms with Crippen LogP contribution in [-0.4, -0.2) is 23.5 Å². The molecule has 0 saturated heterocycles. The SMILES string of the molecule is CC/C=C(P)\C=C/CSCC(=O)NC1CCCC(C)C1C. The Morgan fingerprint density at radius 3 is 2.86 bits per heavy atom. The van der Waals surface area contributed by atoms with E-state index in [4.69, 9.17) is 0 Å². The summed E-state index contributed by atoms with van der Waals surface area (Å²) in [7, 11) is 2.72. The molecule has 0 aromatic rings. The lowest BCUT2D eigenvalue weighted by Gasteiger charge is -2.34. The van der Waals surface area contributed by atoms with Crippen molar-refractivity contribution in [2.75, 3.05) is 11.5 Å². The van der Waals surface area contributed by atoms with Crippen molar-refractivity contribution in [2.24, 2.45) is 11.8 Å². The van der Waals surface area contributed by atoms with Gasteiger partial charge in [-0.15, -0.1) is 21.0 Å². The summed E-state index contributed by atoms with van der Waals surface area (Å²) in [5.74, 6) is 2.97. The highest BCUT2D eigenvalue weighted by Crippen LogP contribution is 2.29. The number of carbonyl (C=O) groups excluding carboxylic acids is 1. The van der Waals surface area contributed by atoms with Crippen LogP contribution in [0.1, 0.15) is 46.5 Å². The van der Waals surface area contributed by atoms with Crippen molar-refractivity contribution in [3.63, 3.8) is 0 Å². The van der Waals surface area contributed by atoms with E-state index in [-0.39, 0.29) is 5.91 Å². The molecule has 1 aliphatic carbocycles. The van der Waals surface area contributed by atoms with Gasteiger partial charge in [0.15, 0.2) is 0 Å². The second-order valence-electron chi connectivity index (χ2n) is 5.97. The van der Waals surface area contributed by atoms with Crippen LogP contribution >= 0.6 is 21.0 Å². The van der Waals surface area contributed by atoms with Crippen molar-refractivity contribution in [3.05, 3.63) is 23.5 Å². The molecule has 0 aliphatic heterocycles. The van der Waals surface area contributed by atoms with Gasteiger partial charge in [0.25, 0.3) is 0 Å². The summed E-state index contributed by atoms with van der Waals surface area (Å²) in [6.07, 6.45) is 11.1. The Hall–Kier alpha value is -0.270. The monoisotopic (exact) mass is 327 g/mol. The van der Waals surface area contributed by atoms with E-state index in [1.807, 2.05) is 0 Å². The zero-order chi connectivity index (χ0) is 15.7. The predicted molar refractivity (Wildman–Crippen MR) is 98.7 cm³/mol. The van der Waals surface area contributed by atoms with Gasteiger partial charge in [-0.25, -0.2) is 0 Å². The van der Waals surface area contributed by atoms with Gasteiger partial charge in [-0.2, -0.15) is 0 Å². The number of amides is 1. The Morgan fingerprint density at radius 1 is 1.38 bits per heavy atom. The molecule has 1 saturated carbocycles. The van der Waals surface area contributed by atoms with E-state index in [1.54, 1.807) is 11.8 Å². The Balaban J connectivity index is 2.21. The second-order valence-corrected chi connectivity index (χ2v) is 7.67. The maximum Gasteiger partial charge on any atom is 0.230 e. The van der Waals surface area contributed by atoms with Crippen molar-refractivity contribution >= 4 is 26.9 Å². The van der Waals surface area contributed by atoms with Crippen LogP contribution in [0, 0.1) is 11.8 Å². The van der Waals surface area contributed by atoms with Gasteiger partial charge in [0.1, 0.15) is 0 Å². The van der Waals surface area contributed by atoms with Crippen LogP contribution in [0.25, 0.3) is 0 Å². The second kappa shape index (κ2) is 10.5. The molecule has 0 heterocycles. The minimum atomic E-state index is 0.189. The fourth-order valence-electron chi connectivity index (χ4n) is 2.74.